The van der Waals surface area contributed by atoms with Crippen LogP contribution in [0, 0.1) is 11.3 Å². The summed E-state index contributed by atoms with van der Waals surface area (Å²) in [6.45, 7) is 6.30. The van der Waals surface area contributed by atoms with Gasteiger partial charge in [0.15, 0.2) is 0 Å². The topological polar surface area (TPSA) is 35.8 Å². The minimum absolute atomic E-state index is 0.0656. The molecule has 0 aromatic heterocycles. The third kappa shape index (κ3) is 1.94. The highest BCUT2D eigenvalue weighted by atomic mass is 15.0. The third-order valence-electron chi connectivity index (χ3n) is 2.04. The van der Waals surface area contributed by atoms with Gasteiger partial charge in [-0.25, -0.2) is 0 Å². The summed E-state index contributed by atoms with van der Waals surface area (Å²) in [6.07, 6.45) is 3.22. The van der Waals surface area contributed by atoms with Gasteiger partial charge in [0.1, 0.15) is 5.54 Å². The molecule has 11 heavy (non-hydrogen) atoms. The number of rotatable bonds is 1. The molecule has 0 aliphatic heterocycles. The Morgan fingerprint density at radius 2 is 1.91 bits per heavy atom. The fraction of sp³-hybridized carbons (Fsp3) is 0.889. The molecule has 62 valence electrons. The molecule has 1 fully saturated rings. The maximum atomic E-state index is 8.89. The highest BCUT2D eigenvalue weighted by molar-refractivity contribution is 5.14. The summed E-state index contributed by atoms with van der Waals surface area (Å²) >= 11 is 0. The van der Waals surface area contributed by atoms with Gasteiger partial charge in [-0.05, 0) is 40.0 Å². The summed E-state index contributed by atoms with van der Waals surface area (Å²) < 4.78 is 0. The van der Waals surface area contributed by atoms with E-state index in [1.165, 1.54) is 6.42 Å². The first-order chi connectivity index (χ1) is 4.97. The van der Waals surface area contributed by atoms with Crippen LogP contribution in [0.2, 0.25) is 0 Å². The van der Waals surface area contributed by atoms with E-state index in [1.807, 2.05) is 0 Å². The Balaban J connectivity index is 2.54. The molecule has 0 bridgehead atoms. The van der Waals surface area contributed by atoms with Crippen LogP contribution in [0.4, 0.5) is 0 Å². The lowest BCUT2D eigenvalue weighted by atomic mass is 9.76. The van der Waals surface area contributed by atoms with Crippen molar-refractivity contribution in [1.82, 2.24) is 5.32 Å². The second kappa shape index (κ2) is 2.49. The van der Waals surface area contributed by atoms with E-state index in [9.17, 15) is 0 Å². The fourth-order valence-electron chi connectivity index (χ4n) is 1.51. The molecule has 0 aromatic rings. The summed E-state index contributed by atoms with van der Waals surface area (Å²) in [4.78, 5) is 0. The lowest BCUT2D eigenvalue weighted by molar-refractivity contribution is 0.198. The van der Waals surface area contributed by atoms with Crippen LogP contribution in [0.25, 0.3) is 0 Å². The molecule has 1 N–H and O–H groups in total. The summed E-state index contributed by atoms with van der Waals surface area (Å²) in [5.74, 6) is 0. The van der Waals surface area contributed by atoms with E-state index in [0.29, 0.717) is 0 Å². The Hall–Kier alpha value is -0.550. The zero-order valence-electron chi connectivity index (χ0n) is 7.57. The Morgan fingerprint density at radius 3 is 2.00 bits per heavy atom. The molecule has 0 saturated heterocycles. The Labute approximate surface area is 68.6 Å². The van der Waals surface area contributed by atoms with Crippen molar-refractivity contribution >= 4 is 0 Å². The molecule has 1 rings (SSSR count). The van der Waals surface area contributed by atoms with E-state index in [4.69, 9.17) is 5.26 Å². The molecule has 1 saturated carbocycles. The van der Waals surface area contributed by atoms with Gasteiger partial charge in [0.25, 0.3) is 0 Å². The van der Waals surface area contributed by atoms with Crippen LogP contribution in [-0.4, -0.2) is 11.1 Å². The Bertz CT molecular complexity index is 179. The first-order valence-corrected chi connectivity index (χ1v) is 4.18. The molecule has 2 heteroatoms. The van der Waals surface area contributed by atoms with Gasteiger partial charge in [-0.1, -0.05) is 0 Å². The van der Waals surface area contributed by atoms with E-state index in [-0.39, 0.29) is 11.1 Å². The smallest absolute Gasteiger partial charge is 0.107 e. The number of nitrogens with zero attached hydrogens (tertiary/aromatic N) is 1. The minimum atomic E-state index is -0.196. The molecule has 0 heterocycles. The minimum Gasteiger partial charge on any atom is -0.295 e. The standard InChI is InChI=1S/C9H16N2/c1-8(2,3)11-9(7-10)5-4-6-9/h11H,4-6H2,1-3H3. The lowest BCUT2D eigenvalue weighted by Crippen LogP contribution is -2.57. The Kier molecular flexibility index (Phi) is 1.94. The van der Waals surface area contributed by atoms with E-state index in [1.54, 1.807) is 0 Å². The van der Waals surface area contributed by atoms with E-state index < -0.39 is 0 Å². The normalized spacial score (nSPS) is 22.0. The van der Waals surface area contributed by atoms with Crippen molar-refractivity contribution in [3.05, 3.63) is 0 Å². The molecule has 1 aliphatic carbocycles. The van der Waals surface area contributed by atoms with Crippen LogP contribution in [0.15, 0.2) is 0 Å². The number of hydrogen-bond donors (Lipinski definition) is 1. The second-order valence-electron chi connectivity index (χ2n) is 4.42. The average molecular weight is 152 g/mol. The monoisotopic (exact) mass is 152 g/mol. The Morgan fingerprint density at radius 1 is 1.36 bits per heavy atom. The lowest BCUT2D eigenvalue weighted by Gasteiger charge is -2.41. The van der Waals surface area contributed by atoms with Crippen LogP contribution < -0.4 is 5.32 Å². The van der Waals surface area contributed by atoms with Crippen molar-refractivity contribution in [2.24, 2.45) is 0 Å². The zero-order chi connectivity index (χ0) is 8.54. The van der Waals surface area contributed by atoms with Gasteiger partial charge in [0.05, 0.1) is 6.07 Å². The van der Waals surface area contributed by atoms with E-state index >= 15 is 0 Å². The first-order valence-electron chi connectivity index (χ1n) is 4.18. The highest BCUT2D eigenvalue weighted by Gasteiger charge is 2.39. The van der Waals surface area contributed by atoms with E-state index in [0.717, 1.165) is 12.8 Å². The van der Waals surface area contributed by atoms with Crippen LogP contribution in [0.1, 0.15) is 40.0 Å². The van der Waals surface area contributed by atoms with Crippen LogP contribution in [0.3, 0.4) is 0 Å². The molecule has 0 aromatic carbocycles. The number of nitriles is 1. The average Bonchev–Trinajstić information content (AvgIpc) is 1.77. The molecule has 1 aliphatic rings. The van der Waals surface area contributed by atoms with Crippen molar-refractivity contribution in [2.45, 2.75) is 51.1 Å². The van der Waals surface area contributed by atoms with Gasteiger partial charge in [0.2, 0.25) is 0 Å². The van der Waals surface area contributed by atoms with E-state index in [2.05, 4.69) is 32.2 Å². The van der Waals surface area contributed by atoms with Crippen LogP contribution in [-0.2, 0) is 0 Å². The van der Waals surface area contributed by atoms with Crippen molar-refractivity contribution in [1.29, 1.82) is 5.26 Å². The molecule has 0 spiro atoms. The second-order valence-corrected chi connectivity index (χ2v) is 4.42. The molecule has 0 unspecified atom stereocenters. The van der Waals surface area contributed by atoms with Gasteiger partial charge < -0.3 is 0 Å². The van der Waals surface area contributed by atoms with Gasteiger partial charge in [-0.2, -0.15) is 5.26 Å². The van der Waals surface area contributed by atoms with Crippen LogP contribution in [0.5, 0.6) is 0 Å². The van der Waals surface area contributed by atoms with Gasteiger partial charge in [-0.3, -0.25) is 5.32 Å². The fourth-order valence-corrected chi connectivity index (χ4v) is 1.51. The van der Waals surface area contributed by atoms with Gasteiger partial charge >= 0.3 is 0 Å². The zero-order valence-corrected chi connectivity index (χ0v) is 7.57. The predicted octanol–water partition coefficient (Wildman–Crippen LogP) is 1.82. The largest absolute Gasteiger partial charge is 0.295 e. The maximum absolute atomic E-state index is 8.89. The molecular weight excluding hydrogens is 136 g/mol. The molecule has 2 nitrogen and oxygen atoms in total. The molecule has 0 radical (unpaired) electrons. The first kappa shape index (κ1) is 8.55. The van der Waals surface area contributed by atoms with Gasteiger partial charge in [0, 0.05) is 5.54 Å². The summed E-state index contributed by atoms with van der Waals surface area (Å²) in [7, 11) is 0. The van der Waals surface area contributed by atoms with Gasteiger partial charge in [-0.15, -0.1) is 0 Å². The summed E-state index contributed by atoms with van der Waals surface area (Å²) in [5.41, 5.74) is -0.131. The quantitative estimate of drug-likeness (QED) is 0.622. The summed E-state index contributed by atoms with van der Waals surface area (Å²) in [5, 5.41) is 12.2. The molecular formula is C9H16N2. The molecule has 0 atom stereocenters. The molecule has 0 amide bonds. The SMILES string of the molecule is CC(C)(C)NC1(C#N)CCC1. The summed E-state index contributed by atoms with van der Waals surface area (Å²) in [6, 6.07) is 2.36. The predicted molar refractivity (Wildman–Crippen MR) is 45.1 cm³/mol. The maximum Gasteiger partial charge on any atom is 0.107 e. The number of nitrogens with one attached hydrogen (secondary N) is 1. The van der Waals surface area contributed by atoms with Crippen molar-refractivity contribution in [2.75, 3.05) is 0 Å². The highest BCUT2D eigenvalue weighted by Crippen LogP contribution is 2.32. The van der Waals surface area contributed by atoms with Crippen molar-refractivity contribution < 1.29 is 0 Å². The van der Waals surface area contributed by atoms with Crippen molar-refractivity contribution in [3.8, 4) is 6.07 Å². The van der Waals surface area contributed by atoms with Crippen molar-refractivity contribution in [3.63, 3.8) is 0 Å². The third-order valence-corrected chi connectivity index (χ3v) is 2.04. The number of hydrogen-bond acceptors (Lipinski definition) is 2. The van der Waals surface area contributed by atoms with Crippen LogP contribution >= 0.6 is 0 Å².